The zero-order valence-corrected chi connectivity index (χ0v) is 12.5. The average Bonchev–Trinajstić information content (AvgIpc) is 2.61. The fourth-order valence-corrected chi connectivity index (χ4v) is 2.36. The quantitative estimate of drug-likeness (QED) is 0.856. The van der Waals surface area contributed by atoms with Crippen molar-refractivity contribution in [2.24, 2.45) is 5.92 Å². The molecule has 5 heteroatoms. The highest BCUT2D eigenvalue weighted by molar-refractivity contribution is 5.85. The molecule has 19 heavy (non-hydrogen) atoms. The smallest absolute Gasteiger partial charge is 0.329 e. The van der Waals surface area contributed by atoms with Gasteiger partial charge >= 0.3 is 12.0 Å². The minimum atomic E-state index is -1.17. The third-order valence-electron chi connectivity index (χ3n) is 4.34. The van der Waals surface area contributed by atoms with E-state index in [-0.39, 0.29) is 6.03 Å². The van der Waals surface area contributed by atoms with E-state index in [1.165, 1.54) is 4.90 Å². The van der Waals surface area contributed by atoms with Gasteiger partial charge in [0.25, 0.3) is 0 Å². The van der Waals surface area contributed by atoms with Gasteiger partial charge in [-0.2, -0.15) is 0 Å². The summed E-state index contributed by atoms with van der Waals surface area (Å²) in [6, 6.07) is -0.177. The second-order valence-electron chi connectivity index (χ2n) is 5.90. The van der Waals surface area contributed by atoms with Gasteiger partial charge in [-0.1, -0.05) is 13.3 Å². The first-order valence-corrected chi connectivity index (χ1v) is 7.06. The number of carboxylic acid groups (broad SMARTS) is 1. The van der Waals surface area contributed by atoms with E-state index in [0.717, 1.165) is 38.8 Å². The van der Waals surface area contributed by atoms with E-state index >= 15 is 0 Å². The zero-order valence-electron chi connectivity index (χ0n) is 12.5. The Morgan fingerprint density at radius 2 is 1.95 bits per heavy atom. The van der Waals surface area contributed by atoms with E-state index < -0.39 is 11.5 Å². The summed E-state index contributed by atoms with van der Waals surface area (Å²) in [4.78, 5) is 26.7. The fourth-order valence-electron chi connectivity index (χ4n) is 2.36. The maximum Gasteiger partial charge on any atom is 0.329 e. The number of carbonyl (C=O) groups excluding carboxylic acids is 1. The number of hydrogen-bond acceptors (Lipinski definition) is 2. The van der Waals surface area contributed by atoms with E-state index in [1.807, 2.05) is 0 Å². The molecule has 0 saturated carbocycles. The third kappa shape index (κ3) is 3.61. The van der Waals surface area contributed by atoms with Crippen LogP contribution in [0, 0.1) is 5.92 Å². The van der Waals surface area contributed by atoms with Gasteiger partial charge in [0.05, 0.1) is 0 Å². The van der Waals surface area contributed by atoms with Crippen LogP contribution in [-0.2, 0) is 4.79 Å². The van der Waals surface area contributed by atoms with Crippen molar-refractivity contribution in [1.29, 1.82) is 0 Å². The Morgan fingerprint density at radius 1 is 1.32 bits per heavy atom. The number of urea groups is 1. The van der Waals surface area contributed by atoms with E-state index in [9.17, 15) is 14.7 Å². The molecule has 1 heterocycles. The summed E-state index contributed by atoms with van der Waals surface area (Å²) in [5, 5.41) is 9.18. The van der Waals surface area contributed by atoms with Crippen LogP contribution >= 0.6 is 0 Å². The Bertz CT molecular complexity index is 342. The van der Waals surface area contributed by atoms with Crippen molar-refractivity contribution >= 4 is 12.0 Å². The summed E-state index contributed by atoms with van der Waals surface area (Å²) in [5.41, 5.74) is -1.17. The molecule has 1 aliphatic heterocycles. The molecule has 1 saturated heterocycles. The molecule has 0 bridgehead atoms. The van der Waals surface area contributed by atoms with E-state index in [2.05, 4.69) is 6.92 Å². The minimum absolute atomic E-state index is 0.177. The van der Waals surface area contributed by atoms with Crippen LogP contribution in [0.4, 0.5) is 4.79 Å². The lowest BCUT2D eigenvalue weighted by Crippen LogP contribution is -2.55. The van der Waals surface area contributed by atoms with Gasteiger partial charge in [-0.15, -0.1) is 0 Å². The van der Waals surface area contributed by atoms with Gasteiger partial charge in [0.1, 0.15) is 5.54 Å². The maximum atomic E-state index is 12.4. The molecule has 0 aliphatic carbocycles. The van der Waals surface area contributed by atoms with Crippen LogP contribution in [0.15, 0.2) is 0 Å². The van der Waals surface area contributed by atoms with E-state index in [0.29, 0.717) is 5.92 Å². The lowest BCUT2D eigenvalue weighted by Gasteiger charge is -2.35. The highest BCUT2D eigenvalue weighted by atomic mass is 16.4. The summed E-state index contributed by atoms with van der Waals surface area (Å²) in [7, 11) is 1.57. The molecule has 1 N–H and O–H groups in total. The second kappa shape index (κ2) is 6.26. The van der Waals surface area contributed by atoms with Crippen molar-refractivity contribution in [3.05, 3.63) is 0 Å². The molecule has 1 unspecified atom stereocenters. The summed E-state index contributed by atoms with van der Waals surface area (Å²) < 4.78 is 0. The van der Waals surface area contributed by atoms with Gasteiger partial charge in [0, 0.05) is 20.1 Å². The van der Waals surface area contributed by atoms with E-state index in [1.54, 1.807) is 25.8 Å². The first-order chi connectivity index (χ1) is 8.80. The fraction of sp³-hybridized carbons (Fsp3) is 0.857. The second-order valence-corrected chi connectivity index (χ2v) is 5.90. The molecule has 5 nitrogen and oxygen atoms in total. The molecule has 0 aromatic carbocycles. The molecular weight excluding hydrogens is 244 g/mol. The van der Waals surface area contributed by atoms with Crippen molar-refractivity contribution in [2.45, 2.75) is 52.0 Å². The first-order valence-electron chi connectivity index (χ1n) is 7.06. The average molecular weight is 270 g/mol. The van der Waals surface area contributed by atoms with Crippen molar-refractivity contribution in [2.75, 3.05) is 20.1 Å². The molecule has 1 fully saturated rings. The molecular formula is C14H26N2O3. The summed E-state index contributed by atoms with van der Waals surface area (Å²) in [6.45, 7) is 6.76. The predicted molar refractivity (Wildman–Crippen MR) is 74.1 cm³/mol. The standard InChI is InChI=1S/C14H26N2O3/c1-5-11-7-6-9-16(10-8-11)13(19)15(4)14(2,3)12(17)18/h11H,5-10H2,1-4H3,(H,17,18). The molecule has 2 amide bonds. The Labute approximate surface area is 115 Å². The van der Waals surface area contributed by atoms with Crippen LogP contribution in [0.3, 0.4) is 0 Å². The van der Waals surface area contributed by atoms with Crippen LogP contribution in [0.2, 0.25) is 0 Å². The Kier molecular flexibility index (Phi) is 5.20. The number of aliphatic carboxylic acids is 1. The lowest BCUT2D eigenvalue weighted by atomic mass is 9.98. The highest BCUT2D eigenvalue weighted by Crippen LogP contribution is 2.22. The predicted octanol–water partition coefficient (Wildman–Crippen LogP) is 2.41. The van der Waals surface area contributed by atoms with Crippen LogP contribution in [0.1, 0.15) is 46.5 Å². The molecule has 1 rings (SSSR count). The van der Waals surface area contributed by atoms with Crippen molar-refractivity contribution in [3.8, 4) is 0 Å². The summed E-state index contributed by atoms with van der Waals surface area (Å²) in [5.74, 6) is -0.291. The molecule has 1 atom stereocenters. The molecule has 0 aromatic rings. The van der Waals surface area contributed by atoms with Crippen molar-refractivity contribution in [3.63, 3.8) is 0 Å². The Balaban J connectivity index is 2.69. The van der Waals surface area contributed by atoms with Gasteiger partial charge in [0.15, 0.2) is 0 Å². The van der Waals surface area contributed by atoms with Gasteiger partial charge in [-0.05, 0) is 39.0 Å². The number of carboxylic acids is 1. The normalized spacial score (nSPS) is 20.8. The van der Waals surface area contributed by atoms with Crippen molar-refractivity contribution < 1.29 is 14.7 Å². The lowest BCUT2D eigenvalue weighted by molar-refractivity contribution is -0.147. The number of nitrogens with zero attached hydrogens (tertiary/aromatic N) is 2. The van der Waals surface area contributed by atoms with Crippen LogP contribution in [-0.4, -0.2) is 52.6 Å². The first kappa shape index (κ1) is 15.8. The summed E-state index contributed by atoms with van der Waals surface area (Å²) >= 11 is 0. The number of amides is 2. The van der Waals surface area contributed by atoms with E-state index in [4.69, 9.17) is 0 Å². The minimum Gasteiger partial charge on any atom is -0.480 e. The van der Waals surface area contributed by atoms with Crippen LogP contribution in [0.5, 0.6) is 0 Å². The van der Waals surface area contributed by atoms with Crippen LogP contribution in [0.25, 0.3) is 0 Å². The van der Waals surface area contributed by atoms with Crippen molar-refractivity contribution in [1.82, 2.24) is 9.80 Å². The van der Waals surface area contributed by atoms with Crippen LogP contribution < -0.4 is 0 Å². The number of likely N-dealkylation sites (tertiary alicyclic amines) is 1. The number of hydrogen-bond donors (Lipinski definition) is 1. The molecule has 0 radical (unpaired) electrons. The zero-order chi connectivity index (χ0) is 14.6. The number of carbonyl (C=O) groups is 2. The number of rotatable bonds is 3. The van der Waals surface area contributed by atoms with Gasteiger partial charge < -0.3 is 14.9 Å². The third-order valence-corrected chi connectivity index (χ3v) is 4.34. The Hall–Kier alpha value is -1.26. The maximum absolute atomic E-state index is 12.4. The molecule has 110 valence electrons. The monoisotopic (exact) mass is 270 g/mol. The van der Waals surface area contributed by atoms with Gasteiger partial charge in [-0.25, -0.2) is 9.59 Å². The Morgan fingerprint density at radius 3 is 2.47 bits per heavy atom. The summed E-state index contributed by atoms with van der Waals surface area (Å²) in [6.07, 6.45) is 4.33. The highest BCUT2D eigenvalue weighted by Gasteiger charge is 2.37. The largest absolute Gasteiger partial charge is 0.480 e. The molecule has 0 aromatic heterocycles. The van der Waals surface area contributed by atoms with Gasteiger partial charge in [0.2, 0.25) is 0 Å². The topological polar surface area (TPSA) is 60.9 Å². The number of likely N-dealkylation sites (N-methyl/N-ethyl adjacent to an activating group) is 1. The molecule has 0 spiro atoms. The van der Waals surface area contributed by atoms with Gasteiger partial charge in [-0.3, -0.25) is 0 Å². The molecule has 1 aliphatic rings. The SMILES string of the molecule is CCC1CCCN(C(=O)N(C)C(C)(C)C(=O)O)CC1.